The number of benzene rings is 1. The highest BCUT2D eigenvalue weighted by Crippen LogP contribution is 2.24. The highest BCUT2D eigenvalue weighted by atomic mass is 35.5. The van der Waals surface area contributed by atoms with Gasteiger partial charge in [-0.1, -0.05) is 17.7 Å². The molecule has 1 heterocycles. The summed E-state index contributed by atoms with van der Waals surface area (Å²) in [4.78, 5) is 8.50. The highest BCUT2D eigenvalue weighted by molar-refractivity contribution is 7.88. The van der Waals surface area contributed by atoms with Crippen LogP contribution in [-0.4, -0.2) is 36.7 Å². The van der Waals surface area contributed by atoms with Crippen molar-refractivity contribution in [3.8, 4) is 0 Å². The lowest BCUT2D eigenvalue weighted by Gasteiger charge is -2.29. The summed E-state index contributed by atoms with van der Waals surface area (Å²) < 4.78 is 25.3. The molecule has 140 valence electrons. The Morgan fingerprint density at radius 3 is 2.42 bits per heavy atom. The number of anilines is 3. The van der Waals surface area contributed by atoms with Crippen LogP contribution in [0.5, 0.6) is 0 Å². The van der Waals surface area contributed by atoms with Crippen LogP contribution in [0.1, 0.15) is 25.7 Å². The molecule has 0 amide bonds. The molecule has 1 aliphatic rings. The molecule has 9 heteroatoms. The molecule has 0 atom stereocenters. The lowest BCUT2D eigenvalue weighted by atomic mass is 9.92. The van der Waals surface area contributed by atoms with Crippen molar-refractivity contribution in [3.63, 3.8) is 0 Å². The van der Waals surface area contributed by atoms with Crippen molar-refractivity contribution in [3.05, 3.63) is 41.7 Å². The van der Waals surface area contributed by atoms with Crippen molar-refractivity contribution in [2.24, 2.45) is 0 Å². The number of hydrogen-bond acceptors (Lipinski definition) is 6. The minimum Gasteiger partial charge on any atom is -0.367 e. The Morgan fingerprint density at radius 2 is 1.73 bits per heavy atom. The Balaban J connectivity index is 1.56. The molecule has 1 fully saturated rings. The predicted octanol–water partition coefficient (Wildman–Crippen LogP) is 3.15. The van der Waals surface area contributed by atoms with Crippen molar-refractivity contribution >= 4 is 38.9 Å². The van der Waals surface area contributed by atoms with Crippen LogP contribution in [0.4, 0.5) is 17.3 Å². The molecular weight excluding hydrogens is 374 g/mol. The average Bonchev–Trinajstić information content (AvgIpc) is 2.56. The van der Waals surface area contributed by atoms with Crippen LogP contribution < -0.4 is 15.4 Å². The van der Waals surface area contributed by atoms with Gasteiger partial charge in [0.25, 0.3) is 0 Å². The second kappa shape index (κ2) is 8.20. The van der Waals surface area contributed by atoms with E-state index in [1.807, 2.05) is 30.3 Å². The van der Waals surface area contributed by atoms with Gasteiger partial charge in [0.2, 0.25) is 10.0 Å². The van der Waals surface area contributed by atoms with Crippen molar-refractivity contribution in [1.82, 2.24) is 14.7 Å². The van der Waals surface area contributed by atoms with Gasteiger partial charge in [-0.2, -0.15) is 0 Å². The Bertz CT molecular complexity index is 854. The van der Waals surface area contributed by atoms with E-state index >= 15 is 0 Å². The van der Waals surface area contributed by atoms with Crippen LogP contribution in [0, 0.1) is 0 Å². The lowest BCUT2D eigenvalue weighted by molar-refractivity contribution is 0.387. The Hall–Kier alpha value is -1.90. The molecule has 3 N–H and O–H groups in total. The molecule has 1 aliphatic carbocycles. The average molecular weight is 396 g/mol. The van der Waals surface area contributed by atoms with E-state index in [-0.39, 0.29) is 12.1 Å². The normalized spacial score (nSPS) is 20.5. The molecule has 1 saturated carbocycles. The summed E-state index contributed by atoms with van der Waals surface area (Å²) in [6.45, 7) is 0. The molecule has 0 bridgehead atoms. The van der Waals surface area contributed by atoms with Crippen LogP contribution in [0.15, 0.2) is 36.7 Å². The van der Waals surface area contributed by atoms with E-state index < -0.39 is 10.0 Å². The third-order valence-corrected chi connectivity index (χ3v) is 5.22. The van der Waals surface area contributed by atoms with Gasteiger partial charge in [-0.3, -0.25) is 0 Å². The lowest BCUT2D eigenvalue weighted by Crippen LogP contribution is -2.39. The van der Waals surface area contributed by atoms with Crippen LogP contribution in [0.2, 0.25) is 5.02 Å². The molecule has 2 aromatic rings. The molecule has 3 rings (SSSR count). The maximum atomic E-state index is 11.3. The monoisotopic (exact) mass is 395 g/mol. The van der Waals surface area contributed by atoms with Gasteiger partial charge in [0.05, 0.1) is 6.26 Å². The number of rotatable bonds is 6. The number of nitrogens with one attached hydrogen (secondary N) is 3. The van der Waals surface area contributed by atoms with E-state index in [1.54, 1.807) is 0 Å². The molecule has 1 aromatic carbocycles. The van der Waals surface area contributed by atoms with Gasteiger partial charge in [-0.15, -0.1) is 0 Å². The number of halogens is 1. The maximum Gasteiger partial charge on any atom is 0.208 e. The molecule has 0 aliphatic heterocycles. The summed E-state index contributed by atoms with van der Waals surface area (Å²) in [5.41, 5.74) is 0.856. The summed E-state index contributed by atoms with van der Waals surface area (Å²) in [7, 11) is -3.15. The SMILES string of the molecule is CS(=O)(=O)NC1CCC(Nc2cc(Nc3cccc(Cl)c3)ncn2)CC1. The topological polar surface area (TPSA) is 96.0 Å². The van der Waals surface area contributed by atoms with E-state index in [0.29, 0.717) is 10.8 Å². The van der Waals surface area contributed by atoms with E-state index in [1.165, 1.54) is 12.6 Å². The first-order chi connectivity index (χ1) is 12.4. The second-order valence-electron chi connectivity index (χ2n) is 6.51. The van der Waals surface area contributed by atoms with E-state index in [0.717, 1.165) is 37.2 Å². The molecule has 0 spiro atoms. The van der Waals surface area contributed by atoms with Crippen LogP contribution in [-0.2, 0) is 10.0 Å². The summed E-state index contributed by atoms with van der Waals surface area (Å²) in [5.74, 6) is 1.42. The molecule has 0 unspecified atom stereocenters. The standard InChI is InChI=1S/C17H22ClN5O2S/c1-26(24,25)23-14-7-5-13(6-8-14)21-16-10-17(20-11-19-16)22-15-4-2-3-12(18)9-15/h2-4,9-11,13-14,23H,5-8H2,1H3,(H2,19,20,21,22). The quantitative estimate of drug-likeness (QED) is 0.695. The number of aromatic nitrogens is 2. The summed E-state index contributed by atoms with van der Waals surface area (Å²) >= 11 is 6.00. The third-order valence-electron chi connectivity index (χ3n) is 4.22. The van der Waals surface area contributed by atoms with Gasteiger partial charge in [-0.25, -0.2) is 23.1 Å². The smallest absolute Gasteiger partial charge is 0.208 e. The molecular formula is C17H22ClN5O2S. The first-order valence-corrected chi connectivity index (χ1v) is 10.7. The van der Waals surface area contributed by atoms with E-state index in [4.69, 9.17) is 11.6 Å². The van der Waals surface area contributed by atoms with Gasteiger partial charge in [0.1, 0.15) is 18.0 Å². The first-order valence-electron chi connectivity index (χ1n) is 8.46. The zero-order valence-corrected chi connectivity index (χ0v) is 16.0. The Labute approximate surface area is 158 Å². The zero-order valence-electron chi connectivity index (χ0n) is 14.4. The minimum absolute atomic E-state index is 0.0218. The first kappa shape index (κ1) is 18.9. The fourth-order valence-electron chi connectivity index (χ4n) is 3.09. The molecule has 7 nitrogen and oxygen atoms in total. The fraction of sp³-hybridized carbons (Fsp3) is 0.412. The van der Waals surface area contributed by atoms with Gasteiger partial charge in [-0.05, 0) is 43.9 Å². The van der Waals surface area contributed by atoms with Crippen LogP contribution in [0.25, 0.3) is 0 Å². The molecule has 0 saturated heterocycles. The Kier molecular flexibility index (Phi) is 5.95. The summed E-state index contributed by atoms with van der Waals surface area (Å²) in [5, 5.41) is 7.26. The van der Waals surface area contributed by atoms with Crippen molar-refractivity contribution < 1.29 is 8.42 Å². The van der Waals surface area contributed by atoms with Crippen LogP contribution >= 0.6 is 11.6 Å². The number of hydrogen-bond donors (Lipinski definition) is 3. The Morgan fingerprint density at radius 1 is 1.04 bits per heavy atom. The van der Waals surface area contributed by atoms with Crippen molar-refractivity contribution in [2.45, 2.75) is 37.8 Å². The number of sulfonamides is 1. The van der Waals surface area contributed by atoms with Gasteiger partial charge < -0.3 is 10.6 Å². The van der Waals surface area contributed by atoms with Crippen molar-refractivity contribution in [2.75, 3.05) is 16.9 Å². The second-order valence-corrected chi connectivity index (χ2v) is 8.72. The molecule has 0 radical (unpaired) electrons. The highest BCUT2D eigenvalue weighted by Gasteiger charge is 2.23. The molecule has 26 heavy (non-hydrogen) atoms. The third kappa shape index (κ3) is 5.82. The largest absolute Gasteiger partial charge is 0.367 e. The van der Waals surface area contributed by atoms with Gasteiger partial charge >= 0.3 is 0 Å². The van der Waals surface area contributed by atoms with Gasteiger partial charge in [0, 0.05) is 28.9 Å². The minimum atomic E-state index is -3.15. The fourth-order valence-corrected chi connectivity index (χ4v) is 4.12. The van der Waals surface area contributed by atoms with Crippen molar-refractivity contribution in [1.29, 1.82) is 0 Å². The summed E-state index contributed by atoms with van der Waals surface area (Å²) in [6.07, 6.45) is 6.09. The maximum absolute atomic E-state index is 11.3. The zero-order chi connectivity index (χ0) is 18.6. The summed E-state index contributed by atoms with van der Waals surface area (Å²) in [6, 6.07) is 9.56. The van der Waals surface area contributed by atoms with Crippen LogP contribution in [0.3, 0.4) is 0 Å². The number of nitrogens with zero attached hydrogens (tertiary/aromatic N) is 2. The predicted molar refractivity (Wildman–Crippen MR) is 104 cm³/mol. The molecule has 1 aromatic heterocycles. The van der Waals surface area contributed by atoms with E-state index in [9.17, 15) is 8.42 Å². The van der Waals surface area contributed by atoms with E-state index in [2.05, 4.69) is 25.3 Å². The van der Waals surface area contributed by atoms with Gasteiger partial charge in [0.15, 0.2) is 0 Å².